The zero-order valence-electron chi connectivity index (χ0n) is 16.4. The first-order valence-corrected chi connectivity index (χ1v) is 12.1. The van der Waals surface area contributed by atoms with Crippen LogP contribution in [0, 0.1) is 18.3 Å². The minimum absolute atomic E-state index is 0.0480. The number of aromatic nitrogens is 2. The van der Waals surface area contributed by atoms with E-state index in [1.807, 2.05) is 19.2 Å². The van der Waals surface area contributed by atoms with E-state index in [-0.39, 0.29) is 16.2 Å². The van der Waals surface area contributed by atoms with Crippen LogP contribution in [0.2, 0.25) is 0 Å². The molecule has 1 aromatic heterocycles. The highest BCUT2D eigenvalue weighted by molar-refractivity contribution is 7.98. The summed E-state index contributed by atoms with van der Waals surface area (Å²) >= 11 is 2.36. The number of carbonyl (C=O) groups is 1. The Hall–Kier alpha value is -3.20. The second kappa shape index (κ2) is 9.74. The zero-order chi connectivity index (χ0) is 22.4. The molecule has 0 aliphatic rings. The number of hydrogen-bond donors (Lipinski definition) is 1. The number of nitrogens with one attached hydrogen (secondary N) is 1. The van der Waals surface area contributed by atoms with E-state index in [0.717, 1.165) is 17.1 Å². The molecule has 11 heteroatoms. The highest BCUT2D eigenvalue weighted by atomic mass is 32.2. The normalized spacial score (nSPS) is 11.6. The molecule has 8 nitrogen and oxygen atoms in total. The van der Waals surface area contributed by atoms with Gasteiger partial charge in [-0.1, -0.05) is 41.6 Å². The molecule has 1 N–H and O–H groups in total. The summed E-state index contributed by atoms with van der Waals surface area (Å²) in [6.07, 6.45) is 3.19. The number of nitrogens with zero attached hydrogens (tertiary/aromatic N) is 3. The van der Waals surface area contributed by atoms with Gasteiger partial charge < -0.3 is 4.18 Å². The maximum atomic E-state index is 12.4. The molecule has 1 amide bonds. The van der Waals surface area contributed by atoms with Crippen LogP contribution in [0.25, 0.3) is 6.08 Å². The van der Waals surface area contributed by atoms with Gasteiger partial charge in [0.05, 0.1) is 0 Å². The van der Waals surface area contributed by atoms with Gasteiger partial charge in [0.1, 0.15) is 22.3 Å². The van der Waals surface area contributed by atoms with Crippen LogP contribution in [0.3, 0.4) is 0 Å². The Morgan fingerprint density at radius 1 is 1.19 bits per heavy atom. The molecule has 3 aromatic rings. The Kier molecular flexibility index (Phi) is 7.06. The molecule has 0 spiro atoms. The first-order valence-electron chi connectivity index (χ1n) is 8.73. The summed E-state index contributed by atoms with van der Waals surface area (Å²) in [6.45, 7) is 1.86. The maximum Gasteiger partial charge on any atom is 0.339 e. The van der Waals surface area contributed by atoms with Gasteiger partial charge in [0, 0.05) is 11.5 Å². The molecule has 31 heavy (non-hydrogen) atoms. The van der Waals surface area contributed by atoms with Gasteiger partial charge in [-0.25, -0.2) is 0 Å². The molecule has 0 saturated heterocycles. The number of nitriles is 1. The molecule has 0 radical (unpaired) electrons. The number of amides is 1. The predicted octanol–water partition coefficient (Wildman–Crippen LogP) is 3.88. The summed E-state index contributed by atoms with van der Waals surface area (Å²) in [5.41, 5.74) is 1.32. The first-order chi connectivity index (χ1) is 14.8. The van der Waals surface area contributed by atoms with Crippen LogP contribution in [0.15, 0.2) is 64.2 Å². The van der Waals surface area contributed by atoms with Crippen molar-refractivity contribution in [3.8, 4) is 11.8 Å². The van der Waals surface area contributed by atoms with E-state index in [1.54, 1.807) is 24.3 Å². The lowest BCUT2D eigenvalue weighted by atomic mass is 10.1. The van der Waals surface area contributed by atoms with E-state index in [9.17, 15) is 18.5 Å². The van der Waals surface area contributed by atoms with Gasteiger partial charge in [-0.05, 0) is 49.1 Å². The van der Waals surface area contributed by atoms with Crippen molar-refractivity contribution in [2.45, 2.75) is 17.0 Å². The summed E-state index contributed by atoms with van der Waals surface area (Å²) in [7, 11) is -3.96. The van der Waals surface area contributed by atoms with Crippen LogP contribution < -0.4 is 9.50 Å². The largest absolute Gasteiger partial charge is 0.379 e. The fraction of sp³-hybridized carbons (Fsp3) is 0.100. The second-order valence-corrected chi connectivity index (χ2v) is 9.20. The summed E-state index contributed by atoms with van der Waals surface area (Å²) in [5, 5.41) is 12.7. The third-order valence-electron chi connectivity index (χ3n) is 3.88. The Balaban J connectivity index is 1.72. The minimum Gasteiger partial charge on any atom is -0.379 e. The molecule has 0 atom stereocenters. The number of hydrogen-bond acceptors (Lipinski definition) is 9. The number of thioether (sulfide) groups is 1. The molecule has 0 unspecified atom stereocenters. The number of rotatable bonds is 7. The van der Waals surface area contributed by atoms with Crippen LogP contribution >= 0.6 is 23.3 Å². The molecule has 0 aliphatic heterocycles. The Morgan fingerprint density at radius 3 is 2.45 bits per heavy atom. The van der Waals surface area contributed by atoms with Crippen molar-refractivity contribution in [2.24, 2.45) is 0 Å². The van der Waals surface area contributed by atoms with E-state index in [0.29, 0.717) is 15.9 Å². The number of carbonyl (C=O) groups excluding carboxylic acids is 1. The molecule has 0 fully saturated rings. The fourth-order valence-corrected chi connectivity index (χ4v) is 4.37. The average Bonchev–Trinajstić information content (AvgIpc) is 3.20. The topological polar surface area (TPSA) is 122 Å². The number of aryl methyl sites for hydroxylation is 1. The predicted molar refractivity (Wildman–Crippen MR) is 119 cm³/mol. The van der Waals surface area contributed by atoms with Crippen molar-refractivity contribution in [3.63, 3.8) is 0 Å². The van der Waals surface area contributed by atoms with Crippen LogP contribution in [-0.2, 0) is 14.9 Å². The zero-order valence-corrected chi connectivity index (χ0v) is 18.8. The molecular formula is C20H16N4O4S3. The van der Waals surface area contributed by atoms with Gasteiger partial charge in [0.25, 0.3) is 5.91 Å². The summed E-state index contributed by atoms with van der Waals surface area (Å²) in [4.78, 5) is 16.5. The lowest BCUT2D eigenvalue weighted by Gasteiger charge is -2.07. The van der Waals surface area contributed by atoms with E-state index >= 15 is 0 Å². The standard InChI is InChI=1S/C20H16N4O4S3/c1-13-3-9-17(10-4-13)31(26,27)28-16-7-5-14(6-8-16)11-15(12-21)18(25)22-19-23-20(29-2)24-30-19/h3-11H,1-2H3,(H,22,23,24,25). The van der Waals surface area contributed by atoms with Crippen molar-refractivity contribution in [2.75, 3.05) is 11.6 Å². The Labute approximate surface area is 187 Å². The quantitative estimate of drug-likeness (QED) is 0.238. The second-order valence-electron chi connectivity index (χ2n) is 6.13. The smallest absolute Gasteiger partial charge is 0.339 e. The average molecular weight is 473 g/mol. The van der Waals surface area contributed by atoms with Crippen molar-refractivity contribution >= 4 is 50.5 Å². The maximum absolute atomic E-state index is 12.4. The third kappa shape index (κ3) is 5.91. The summed E-state index contributed by atoms with van der Waals surface area (Å²) in [6, 6.07) is 14.1. The van der Waals surface area contributed by atoms with Crippen LogP contribution in [-0.4, -0.2) is 29.9 Å². The SMILES string of the molecule is CSc1nsc(NC(=O)C(C#N)=Cc2ccc(OS(=O)(=O)c3ccc(C)cc3)cc2)n1. The van der Waals surface area contributed by atoms with E-state index in [4.69, 9.17) is 4.18 Å². The fourth-order valence-electron chi connectivity index (χ4n) is 2.32. The molecule has 0 saturated carbocycles. The first kappa shape index (κ1) is 22.5. The van der Waals surface area contributed by atoms with Gasteiger partial charge in [-0.2, -0.15) is 23.0 Å². The van der Waals surface area contributed by atoms with Crippen LogP contribution in [0.1, 0.15) is 11.1 Å². The molecule has 0 aliphatic carbocycles. The summed E-state index contributed by atoms with van der Waals surface area (Å²) in [5.74, 6) is -0.507. The van der Waals surface area contributed by atoms with Crippen molar-refractivity contribution < 1.29 is 17.4 Å². The molecule has 158 valence electrons. The Bertz CT molecular complexity index is 1260. The summed E-state index contributed by atoms with van der Waals surface area (Å²) < 4.78 is 33.9. The molecule has 0 bridgehead atoms. The third-order valence-corrected chi connectivity index (χ3v) is 6.44. The van der Waals surface area contributed by atoms with Crippen LogP contribution in [0.5, 0.6) is 5.75 Å². The van der Waals surface area contributed by atoms with Crippen LogP contribution in [0.4, 0.5) is 5.13 Å². The highest BCUT2D eigenvalue weighted by Gasteiger charge is 2.16. The van der Waals surface area contributed by atoms with Gasteiger partial charge >= 0.3 is 10.1 Å². The lowest BCUT2D eigenvalue weighted by Crippen LogP contribution is -2.13. The van der Waals surface area contributed by atoms with E-state index in [2.05, 4.69) is 14.7 Å². The molecular weight excluding hydrogens is 456 g/mol. The van der Waals surface area contributed by atoms with E-state index < -0.39 is 16.0 Å². The Morgan fingerprint density at radius 2 is 1.87 bits per heavy atom. The molecule has 1 heterocycles. The lowest BCUT2D eigenvalue weighted by molar-refractivity contribution is -0.112. The van der Waals surface area contributed by atoms with Crippen molar-refractivity contribution in [3.05, 3.63) is 65.2 Å². The van der Waals surface area contributed by atoms with Gasteiger partial charge in [-0.15, -0.1) is 0 Å². The minimum atomic E-state index is -3.96. The number of benzene rings is 2. The molecule has 3 rings (SSSR count). The highest BCUT2D eigenvalue weighted by Crippen LogP contribution is 2.21. The van der Waals surface area contributed by atoms with Gasteiger partial charge in [0.15, 0.2) is 0 Å². The van der Waals surface area contributed by atoms with Crippen molar-refractivity contribution in [1.82, 2.24) is 9.36 Å². The number of anilines is 1. The monoisotopic (exact) mass is 472 g/mol. The van der Waals surface area contributed by atoms with Crippen molar-refractivity contribution in [1.29, 1.82) is 5.26 Å². The van der Waals surface area contributed by atoms with Gasteiger partial charge in [-0.3, -0.25) is 10.1 Å². The molecule has 2 aromatic carbocycles. The van der Waals surface area contributed by atoms with Gasteiger partial charge in [0.2, 0.25) is 10.3 Å². The van der Waals surface area contributed by atoms with E-state index in [1.165, 1.54) is 42.1 Å².